The molecule has 0 aromatic heterocycles. The fourth-order valence-corrected chi connectivity index (χ4v) is 3.34. The van der Waals surface area contributed by atoms with Crippen LogP contribution in [0, 0.1) is 5.92 Å². The summed E-state index contributed by atoms with van der Waals surface area (Å²) >= 11 is 5.10. The molecule has 0 aliphatic carbocycles. The molecule has 0 unspecified atom stereocenters. The van der Waals surface area contributed by atoms with Crippen molar-refractivity contribution in [2.45, 2.75) is 27.7 Å². The van der Waals surface area contributed by atoms with Gasteiger partial charge in [0.1, 0.15) is 0 Å². The molecule has 1 fully saturated rings. The minimum absolute atomic E-state index is 0.738. The van der Waals surface area contributed by atoms with Crippen molar-refractivity contribution in [3.8, 4) is 0 Å². The molecule has 0 saturated carbocycles. The summed E-state index contributed by atoms with van der Waals surface area (Å²) < 4.78 is 1.64. The smallest absolute Gasteiger partial charge is 0.0396 e. The van der Waals surface area contributed by atoms with E-state index in [9.17, 15) is 0 Å². The van der Waals surface area contributed by atoms with E-state index < -0.39 is 0 Å². The van der Waals surface area contributed by atoms with Gasteiger partial charge in [0.2, 0.25) is 0 Å². The van der Waals surface area contributed by atoms with Crippen molar-refractivity contribution in [2.75, 3.05) is 6.54 Å². The van der Waals surface area contributed by atoms with Crippen molar-refractivity contribution in [1.82, 2.24) is 5.32 Å². The molecule has 1 heterocycles. The van der Waals surface area contributed by atoms with Gasteiger partial charge in [0.25, 0.3) is 0 Å². The third-order valence-electron chi connectivity index (χ3n) is 1.96. The van der Waals surface area contributed by atoms with Gasteiger partial charge in [0.15, 0.2) is 0 Å². The Labute approximate surface area is 90.0 Å². The Morgan fingerprint density at radius 2 is 2.00 bits per heavy atom. The topological polar surface area (TPSA) is 12.0 Å². The highest BCUT2D eigenvalue weighted by atomic mass is 127. The molecule has 3 atom stereocenters. The Morgan fingerprint density at radius 3 is 2.20 bits per heavy atom. The van der Waals surface area contributed by atoms with Crippen LogP contribution in [0.4, 0.5) is 0 Å². The second kappa shape index (κ2) is 3.89. The molecule has 1 N–H and O–H groups in total. The Bertz CT molecular complexity index is 116. The predicted molar refractivity (Wildman–Crippen MR) is 62.2 cm³/mol. The van der Waals surface area contributed by atoms with E-state index in [1.807, 2.05) is 0 Å². The van der Waals surface area contributed by atoms with Crippen LogP contribution >= 0.6 is 45.2 Å². The maximum absolute atomic E-state index is 3.54. The number of alkyl halides is 2. The van der Waals surface area contributed by atoms with Crippen LogP contribution in [0.2, 0.25) is 0 Å². The molecule has 1 saturated heterocycles. The van der Waals surface area contributed by atoms with Gasteiger partial charge in [-0.1, -0.05) is 59.0 Å². The lowest BCUT2D eigenvalue weighted by Gasteiger charge is -2.18. The molecule has 60 valence electrons. The van der Waals surface area contributed by atoms with E-state index in [0.717, 1.165) is 19.8 Å². The van der Waals surface area contributed by atoms with E-state index in [1.165, 1.54) is 6.54 Å². The summed E-state index contributed by atoms with van der Waals surface area (Å²) in [6, 6.07) is 0.738. The molecule has 0 aromatic rings. The third-order valence-corrected chi connectivity index (χ3v) is 6.19. The number of hydrogen-bond donors (Lipinski definition) is 1. The van der Waals surface area contributed by atoms with Crippen LogP contribution in [0.15, 0.2) is 0 Å². The average Bonchev–Trinajstić information content (AvgIpc) is 2.14. The van der Waals surface area contributed by atoms with Gasteiger partial charge in [-0.3, -0.25) is 0 Å². The van der Waals surface area contributed by atoms with E-state index in [-0.39, 0.29) is 0 Å². The largest absolute Gasteiger partial charge is 0.312 e. The fraction of sp³-hybridized carbons (Fsp3) is 1.00. The zero-order chi connectivity index (χ0) is 7.72. The van der Waals surface area contributed by atoms with Gasteiger partial charge in [-0.05, 0) is 5.92 Å². The van der Waals surface area contributed by atoms with Crippen molar-refractivity contribution in [3.05, 3.63) is 0 Å². The number of halogens is 2. The van der Waals surface area contributed by atoms with Gasteiger partial charge < -0.3 is 5.32 Å². The Kier molecular flexibility index (Phi) is 3.70. The van der Waals surface area contributed by atoms with Crippen molar-refractivity contribution in [3.63, 3.8) is 0 Å². The molecule has 10 heavy (non-hydrogen) atoms. The molecule has 0 spiro atoms. The van der Waals surface area contributed by atoms with Crippen LogP contribution < -0.4 is 5.32 Å². The first-order valence-corrected chi connectivity index (χ1v) is 6.13. The highest BCUT2D eigenvalue weighted by Crippen LogP contribution is 2.27. The second-order valence-electron chi connectivity index (χ2n) is 3.14. The van der Waals surface area contributed by atoms with Gasteiger partial charge in [-0.25, -0.2) is 0 Å². The second-order valence-corrected chi connectivity index (χ2v) is 6.18. The van der Waals surface area contributed by atoms with E-state index in [0.29, 0.717) is 0 Å². The molecular weight excluding hydrogens is 352 g/mol. The molecule has 0 amide bonds. The molecule has 0 bridgehead atoms. The van der Waals surface area contributed by atoms with E-state index in [2.05, 4.69) is 64.3 Å². The standard InChI is InChI=1S/C7H13I2N/c1-4(2)7-6(9)5(8)3-10-7/h4-7,10H,3H2,1-2H3/t5-,6-,7+/m1/s1. The normalized spacial score (nSPS) is 41.1. The average molecular weight is 365 g/mol. The first kappa shape index (κ1) is 9.51. The Hall–Kier alpha value is 1.42. The molecule has 0 aromatic carbocycles. The lowest BCUT2D eigenvalue weighted by atomic mass is 10.0. The molecule has 1 nitrogen and oxygen atoms in total. The minimum atomic E-state index is 0.738. The third kappa shape index (κ3) is 1.97. The maximum atomic E-state index is 3.54. The van der Waals surface area contributed by atoms with E-state index in [1.54, 1.807) is 0 Å². The number of nitrogens with one attached hydrogen (secondary N) is 1. The van der Waals surface area contributed by atoms with Crippen LogP contribution in [-0.4, -0.2) is 20.4 Å². The summed E-state index contributed by atoms with van der Waals surface area (Å²) in [4.78, 5) is 0. The first-order chi connectivity index (χ1) is 4.63. The molecule has 3 heteroatoms. The summed E-state index contributed by atoms with van der Waals surface area (Å²) in [5.41, 5.74) is 0. The maximum Gasteiger partial charge on any atom is 0.0396 e. The quantitative estimate of drug-likeness (QED) is 0.555. The predicted octanol–water partition coefficient (Wildman–Crippen LogP) is 2.22. The molecule has 1 aliphatic heterocycles. The summed E-state index contributed by atoms with van der Waals surface area (Å²) in [6.07, 6.45) is 0. The molecular formula is C7H13I2N. The van der Waals surface area contributed by atoms with Crippen LogP contribution in [0.1, 0.15) is 13.8 Å². The monoisotopic (exact) mass is 365 g/mol. The van der Waals surface area contributed by atoms with Gasteiger partial charge in [-0.15, -0.1) is 0 Å². The lowest BCUT2D eigenvalue weighted by Crippen LogP contribution is -2.32. The van der Waals surface area contributed by atoms with Crippen molar-refractivity contribution >= 4 is 45.2 Å². The summed E-state index contributed by atoms with van der Waals surface area (Å²) in [7, 11) is 0. The summed E-state index contributed by atoms with van der Waals surface area (Å²) in [5, 5.41) is 3.54. The van der Waals surface area contributed by atoms with Crippen molar-refractivity contribution in [2.24, 2.45) is 5.92 Å². The van der Waals surface area contributed by atoms with Crippen LogP contribution in [-0.2, 0) is 0 Å². The van der Waals surface area contributed by atoms with Gasteiger partial charge >= 0.3 is 0 Å². The van der Waals surface area contributed by atoms with Gasteiger partial charge in [0, 0.05) is 20.4 Å². The van der Waals surface area contributed by atoms with Crippen molar-refractivity contribution in [1.29, 1.82) is 0 Å². The fourth-order valence-electron chi connectivity index (χ4n) is 1.30. The number of rotatable bonds is 1. The molecule has 1 rings (SSSR count). The van der Waals surface area contributed by atoms with Crippen LogP contribution in [0.25, 0.3) is 0 Å². The Balaban J connectivity index is 2.49. The zero-order valence-electron chi connectivity index (χ0n) is 6.27. The van der Waals surface area contributed by atoms with Crippen LogP contribution in [0.3, 0.4) is 0 Å². The summed E-state index contributed by atoms with van der Waals surface area (Å²) in [5.74, 6) is 0.779. The Morgan fingerprint density at radius 1 is 1.40 bits per heavy atom. The molecule has 0 radical (unpaired) electrons. The highest BCUT2D eigenvalue weighted by molar-refractivity contribution is 14.1. The van der Waals surface area contributed by atoms with Gasteiger partial charge in [-0.2, -0.15) is 0 Å². The number of hydrogen-bond acceptors (Lipinski definition) is 1. The first-order valence-electron chi connectivity index (χ1n) is 3.64. The van der Waals surface area contributed by atoms with Crippen molar-refractivity contribution < 1.29 is 0 Å². The SMILES string of the molecule is CC(C)[C@@H]1NC[C@@H](I)[C@H]1I. The molecule has 1 aliphatic rings. The van der Waals surface area contributed by atoms with Gasteiger partial charge in [0.05, 0.1) is 0 Å². The van der Waals surface area contributed by atoms with E-state index >= 15 is 0 Å². The minimum Gasteiger partial charge on any atom is -0.312 e. The summed E-state index contributed by atoms with van der Waals surface area (Å²) in [6.45, 7) is 5.77. The highest BCUT2D eigenvalue weighted by Gasteiger charge is 2.33. The van der Waals surface area contributed by atoms with E-state index in [4.69, 9.17) is 0 Å². The lowest BCUT2D eigenvalue weighted by molar-refractivity contribution is 0.466. The zero-order valence-corrected chi connectivity index (χ0v) is 10.6. The van der Waals surface area contributed by atoms with Crippen LogP contribution in [0.5, 0.6) is 0 Å².